The minimum absolute atomic E-state index is 0. The number of pyridine rings is 1. The number of aromatic amines is 1. The standard InChI is InChI=1S/C12H17N3O2.ClH/c13-7-10-3-1-2-6-15(10)12(17)9-4-5-11(16)14-8-9;/h4-5,8,10H,1-3,6-7,13H2,(H,14,16);1H. The Balaban J connectivity index is 0.00000162. The number of H-pyrrole nitrogens is 1. The van der Waals surface area contributed by atoms with E-state index < -0.39 is 0 Å². The number of hydrogen-bond donors (Lipinski definition) is 2. The molecule has 0 aliphatic carbocycles. The van der Waals surface area contributed by atoms with Gasteiger partial charge in [-0.2, -0.15) is 0 Å². The minimum atomic E-state index is -0.199. The summed E-state index contributed by atoms with van der Waals surface area (Å²) < 4.78 is 0. The topological polar surface area (TPSA) is 79.2 Å². The average molecular weight is 272 g/mol. The highest BCUT2D eigenvalue weighted by Gasteiger charge is 2.26. The SMILES string of the molecule is Cl.NCC1CCCCN1C(=O)c1ccc(=O)[nH]c1. The molecule has 0 aromatic carbocycles. The number of carbonyl (C=O) groups is 1. The van der Waals surface area contributed by atoms with Gasteiger partial charge in [0.2, 0.25) is 5.56 Å². The van der Waals surface area contributed by atoms with Crippen molar-refractivity contribution in [2.75, 3.05) is 13.1 Å². The number of carbonyl (C=O) groups excluding carboxylic acids is 1. The van der Waals surface area contributed by atoms with Crippen LogP contribution in [0.3, 0.4) is 0 Å². The van der Waals surface area contributed by atoms with Crippen molar-refractivity contribution in [3.8, 4) is 0 Å². The first kappa shape index (κ1) is 14.7. The van der Waals surface area contributed by atoms with Gasteiger partial charge in [0.25, 0.3) is 5.91 Å². The quantitative estimate of drug-likeness (QED) is 0.833. The van der Waals surface area contributed by atoms with Crippen molar-refractivity contribution in [3.05, 3.63) is 34.2 Å². The van der Waals surface area contributed by atoms with Crippen molar-refractivity contribution in [1.82, 2.24) is 9.88 Å². The van der Waals surface area contributed by atoms with E-state index in [1.165, 1.54) is 12.3 Å². The molecule has 1 fully saturated rings. The van der Waals surface area contributed by atoms with Crippen LogP contribution in [0.1, 0.15) is 29.6 Å². The van der Waals surface area contributed by atoms with Crippen LogP contribution in [0, 0.1) is 0 Å². The Kier molecular flexibility index (Phi) is 5.37. The number of amides is 1. The molecule has 1 aromatic rings. The molecule has 1 unspecified atom stereocenters. The first-order chi connectivity index (χ1) is 8.22. The molecule has 1 aromatic heterocycles. The Morgan fingerprint density at radius 3 is 2.83 bits per heavy atom. The number of hydrogen-bond acceptors (Lipinski definition) is 3. The number of halogens is 1. The number of aromatic nitrogens is 1. The summed E-state index contributed by atoms with van der Waals surface area (Å²) in [5.41, 5.74) is 6.00. The van der Waals surface area contributed by atoms with Crippen molar-refractivity contribution in [2.45, 2.75) is 25.3 Å². The second kappa shape index (κ2) is 6.56. The lowest BCUT2D eigenvalue weighted by Crippen LogP contribution is -2.47. The van der Waals surface area contributed by atoms with Crippen LogP contribution < -0.4 is 11.3 Å². The van der Waals surface area contributed by atoms with Crippen LogP contribution in [0.25, 0.3) is 0 Å². The second-order valence-electron chi connectivity index (χ2n) is 4.33. The molecule has 1 aliphatic heterocycles. The van der Waals surface area contributed by atoms with Crippen LogP contribution >= 0.6 is 12.4 Å². The summed E-state index contributed by atoms with van der Waals surface area (Å²) in [6.45, 7) is 1.24. The Bertz CT molecular complexity index is 440. The average Bonchev–Trinajstić information content (AvgIpc) is 2.39. The number of nitrogens with two attached hydrogens (primary N) is 1. The number of nitrogens with one attached hydrogen (secondary N) is 1. The third kappa shape index (κ3) is 3.11. The van der Waals surface area contributed by atoms with Crippen molar-refractivity contribution in [3.63, 3.8) is 0 Å². The third-order valence-corrected chi connectivity index (χ3v) is 3.19. The van der Waals surface area contributed by atoms with Gasteiger partial charge in [0, 0.05) is 31.4 Å². The fourth-order valence-corrected chi connectivity index (χ4v) is 2.22. The summed E-state index contributed by atoms with van der Waals surface area (Å²) in [4.78, 5) is 27.5. The van der Waals surface area contributed by atoms with E-state index in [9.17, 15) is 9.59 Å². The van der Waals surface area contributed by atoms with E-state index in [1.807, 2.05) is 4.90 Å². The van der Waals surface area contributed by atoms with Crippen LogP contribution in [0.4, 0.5) is 0 Å². The zero-order chi connectivity index (χ0) is 12.3. The maximum absolute atomic E-state index is 12.2. The van der Waals surface area contributed by atoms with Crippen molar-refractivity contribution < 1.29 is 4.79 Å². The molecule has 18 heavy (non-hydrogen) atoms. The zero-order valence-corrected chi connectivity index (χ0v) is 10.9. The van der Waals surface area contributed by atoms with Gasteiger partial charge in [-0.05, 0) is 25.3 Å². The van der Waals surface area contributed by atoms with Gasteiger partial charge < -0.3 is 15.6 Å². The first-order valence-electron chi connectivity index (χ1n) is 5.92. The summed E-state index contributed by atoms with van der Waals surface area (Å²) in [6.07, 6.45) is 4.57. The van der Waals surface area contributed by atoms with Gasteiger partial charge >= 0.3 is 0 Å². The lowest BCUT2D eigenvalue weighted by Gasteiger charge is -2.35. The molecule has 5 nitrogen and oxygen atoms in total. The van der Waals surface area contributed by atoms with Crippen LogP contribution in [0.15, 0.2) is 23.1 Å². The third-order valence-electron chi connectivity index (χ3n) is 3.19. The van der Waals surface area contributed by atoms with E-state index >= 15 is 0 Å². The molecule has 1 amide bonds. The second-order valence-corrected chi connectivity index (χ2v) is 4.33. The molecule has 1 saturated heterocycles. The zero-order valence-electron chi connectivity index (χ0n) is 10.1. The molecule has 6 heteroatoms. The fourth-order valence-electron chi connectivity index (χ4n) is 2.22. The van der Waals surface area contributed by atoms with E-state index in [2.05, 4.69) is 4.98 Å². The Morgan fingerprint density at radius 2 is 2.22 bits per heavy atom. The van der Waals surface area contributed by atoms with Crippen molar-refractivity contribution in [1.29, 1.82) is 0 Å². The molecule has 0 radical (unpaired) electrons. The molecule has 0 saturated carbocycles. The van der Waals surface area contributed by atoms with Crippen LogP contribution in [0.5, 0.6) is 0 Å². The van der Waals surface area contributed by atoms with Gasteiger partial charge in [0.05, 0.1) is 5.56 Å². The predicted octanol–water partition coefficient (Wildman–Crippen LogP) is 0.750. The van der Waals surface area contributed by atoms with E-state index in [4.69, 9.17) is 5.73 Å². The van der Waals surface area contributed by atoms with Crippen LogP contribution in [0.2, 0.25) is 0 Å². The van der Waals surface area contributed by atoms with Gasteiger partial charge in [-0.25, -0.2) is 0 Å². The smallest absolute Gasteiger partial charge is 0.255 e. The minimum Gasteiger partial charge on any atom is -0.334 e. The van der Waals surface area contributed by atoms with Gasteiger partial charge in [0.1, 0.15) is 0 Å². The van der Waals surface area contributed by atoms with Gasteiger partial charge in [-0.3, -0.25) is 9.59 Å². The maximum atomic E-state index is 12.2. The maximum Gasteiger partial charge on any atom is 0.255 e. The van der Waals surface area contributed by atoms with Crippen LogP contribution in [-0.2, 0) is 0 Å². The highest BCUT2D eigenvalue weighted by atomic mass is 35.5. The lowest BCUT2D eigenvalue weighted by atomic mass is 10.0. The van der Waals surface area contributed by atoms with Crippen molar-refractivity contribution >= 4 is 18.3 Å². The molecule has 0 bridgehead atoms. The lowest BCUT2D eigenvalue weighted by molar-refractivity contribution is 0.0623. The normalized spacial score (nSPS) is 19.2. The summed E-state index contributed by atoms with van der Waals surface area (Å²) in [5.74, 6) is -0.0450. The summed E-state index contributed by atoms with van der Waals surface area (Å²) in [7, 11) is 0. The van der Waals surface area contributed by atoms with E-state index in [-0.39, 0.29) is 29.9 Å². The molecule has 0 spiro atoms. The molecular formula is C12H18ClN3O2. The van der Waals surface area contributed by atoms with Gasteiger partial charge in [-0.1, -0.05) is 0 Å². The van der Waals surface area contributed by atoms with Crippen LogP contribution in [-0.4, -0.2) is 34.9 Å². The first-order valence-corrected chi connectivity index (χ1v) is 5.92. The molecule has 2 heterocycles. The van der Waals surface area contributed by atoms with E-state index in [1.54, 1.807) is 6.07 Å². The summed E-state index contributed by atoms with van der Waals surface area (Å²) in [6, 6.07) is 3.06. The molecule has 3 N–H and O–H groups in total. The number of nitrogens with zero attached hydrogens (tertiary/aromatic N) is 1. The Labute approximate surface area is 112 Å². The molecule has 2 rings (SSSR count). The van der Waals surface area contributed by atoms with Crippen molar-refractivity contribution in [2.24, 2.45) is 5.73 Å². The van der Waals surface area contributed by atoms with E-state index in [0.29, 0.717) is 12.1 Å². The monoisotopic (exact) mass is 271 g/mol. The Hall–Kier alpha value is -1.33. The number of likely N-dealkylation sites (tertiary alicyclic amines) is 1. The Morgan fingerprint density at radius 1 is 1.44 bits per heavy atom. The highest BCUT2D eigenvalue weighted by molar-refractivity contribution is 5.94. The molecule has 100 valence electrons. The largest absolute Gasteiger partial charge is 0.334 e. The fraction of sp³-hybridized carbons (Fsp3) is 0.500. The summed E-state index contributed by atoms with van der Waals surface area (Å²) in [5, 5.41) is 0. The summed E-state index contributed by atoms with van der Waals surface area (Å²) >= 11 is 0. The predicted molar refractivity (Wildman–Crippen MR) is 72.0 cm³/mol. The highest BCUT2D eigenvalue weighted by Crippen LogP contribution is 2.18. The molecular weight excluding hydrogens is 254 g/mol. The number of piperidine rings is 1. The molecule has 1 atom stereocenters. The molecule has 1 aliphatic rings. The van der Waals surface area contributed by atoms with E-state index in [0.717, 1.165) is 25.8 Å². The van der Waals surface area contributed by atoms with Gasteiger partial charge in [-0.15, -0.1) is 12.4 Å². The number of rotatable bonds is 2. The van der Waals surface area contributed by atoms with Gasteiger partial charge in [0.15, 0.2) is 0 Å².